The summed E-state index contributed by atoms with van der Waals surface area (Å²) in [6, 6.07) is 0. The van der Waals surface area contributed by atoms with Crippen LogP contribution in [-0.2, 0) is 4.74 Å². The van der Waals surface area contributed by atoms with Gasteiger partial charge in [0.15, 0.2) is 0 Å². The van der Waals surface area contributed by atoms with E-state index in [1.807, 2.05) is 25.2 Å². The number of methoxy groups -OCH3 is 1. The van der Waals surface area contributed by atoms with E-state index in [1.54, 1.807) is 7.11 Å². The molecule has 0 aromatic carbocycles. The van der Waals surface area contributed by atoms with Gasteiger partial charge < -0.3 is 9.64 Å². The van der Waals surface area contributed by atoms with Gasteiger partial charge in [-0.1, -0.05) is 6.92 Å². The van der Waals surface area contributed by atoms with Gasteiger partial charge in [-0.05, 0) is 13.3 Å². The normalized spacial score (nSPS) is 13.8. The first-order valence-corrected chi connectivity index (χ1v) is 4.00. The maximum Gasteiger partial charge on any atom is 0.129 e. The molecule has 0 bridgehead atoms. The molecule has 3 nitrogen and oxygen atoms in total. The minimum Gasteiger partial charge on any atom is -0.362 e. The van der Waals surface area contributed by atoms with Gasteiger partial charge in [0, 0.05) is 20.7 Å². The fourth-order valence-electron chi connectivity index (χ4n) is 0.906. The van der Waals surface area contributed by atoms with Crippen LogP contribution in [0, 0.1) is 0 Å². The third-order valence-corrected chi connectivity index (χ3v) is 1.52. The van der Waals surface area contributed by atoms with Gasteiger partial charge in [0.05, 0.1) is 6.34 Å². The van der Waals surface area contributed by atoms with Crippen LogP contribution in [0.25, 0.3) is 0 Å². The molecule has 1 atom stereocenters. The van der Waals surface area contributed by atoms with E-state index in [0.717, 1.165) is 13.0 Å². The predicted octanol–water partition coefficient (Wildman–Crippen LogP) is 1.35. The van der Waals surface area contributed by atoms with Crippen molar-refractivity contribution in [1.82, 2.24) is 4.90 Å². The molecule has 0 amide bonds. The first-order valence-electron chi connectivity index (χ1n) is 4.00. The van der Waals surface area contributed by atoms with Gasteiger partial charge in [-0.3, -0.25) is 4.99 Å². The minimum absolute atomic E-state index is 0.158. The third-order valence-electron chi connectivity index (χ3n) is 1.52. The molecule has 0 aliphatic heterocycles. The Hall–Kier alpha value is -0.570. The molecule has 0 aliphatic carbocycles. The Morgan fingerprint density at radius 3 is 2.55 bits per heavy atom. The molecule has 11 heavy (non-hydrogen) atoms. The molecule has 0 rings (SSSR count). The van der Waals surface area contributed by atoms with E-state index in [-0.39, 0.29) is 6.23 Å². The predicted molar refractivity (Wildman–Crippen MR) is 47.9 cm³/mol. The molecule has 0 aromatic heterocycles. The Morgan fingerprint density at radius 1 is 1.55 bits per heavy atom. The van der Waals surface area contributed by atoms with Crippen LogP contribution in [0.2, 0.25) is 0 Å². The van der Waals surface area contributed by atoms with Gasteiger partial charge in [0.1, 0.15) is 6.23 Å². The lowest BCUT2D eigenvalue weighted by Gasteiger charge is -2.22. The number of hydrogen-bond acceptors (Lipinski definition) is 2. The fraction of sp³-hybridized carbons (Fsp3) is 0.875. The van der Waals surface area contributed by atoms with Crippen molar-refractivity contribution in [2.75, 3.05) is 20.7 Å². The molecule has 0 heterocycles. The summed E-state index contributed by atoms with van der Waals surface area (Å²) >= 11 is 0. The summed E-state index contributed by atoms with van der Waals surface area (Å²) in [4.78, 5) is 6.09. The average molecular weight is 158 g/mol. The summed E-state index contributed by atoms with van der Waals surface area (Å²) in [5, 5.41) is 0. The first kappa shape index (κ1) is 10.4. The molecule has 0 aromatic rings. The summed E-state index contributed by atoms with van der Waals surface area (Å²) < 4.78 is 5.19. The van der Waals surface area contributed by atoms with Crippen molar-refractivity contribution in [2.24, 2.45) is 4.99 Å². The standard InChI is InChI=1S/C8H18N2O/c1-5-8(11-4)10(3)7-9-6-2/h7-8H,5-6H2,1-4H3. The maximum atomic E-state index is 5.19. The van der Waals surface area contributed by atoms with Crippen LogP contribution in [-0.4, -0.2) is 38.2 Å². The van der Waals surface area contributed by atoms with Crippen LogP contribution >= 0.6 is 0 Å². The van der Waals surface area contributed by atoms with Gasteiger partial charge in [-0.25, -0.2) is 0 Å². The van der Waals surface area contributed by atoms with Crippen molar-refractivity contribution in [1.29, 1.82) is 0 Å². The van der Waals surface area contributed by atoms with Crippen molar-refractivity contribution in [2.45, 2.75) is 26.5 Å². The van der Waals surface area contributed by atoms with Crippen molar-refractivity contribution >= 4 is 6.34 Å². The highest BCUT2D eigenvalue weighted by Crippen LogP contribution is 1.98. The number of ether oxygens (including phenoxy) is 1. The molecule has 1 unspecified atom stereocenters. The van der Waals surface area contributed by atoms with E-state index < -0.39 is 0 Å². The molecular formula is C8H18N2O. The Morgan fingerprint density at radius 2 is 2.18 bits per heavy atom. The number of rotatable bonds is 5. The van der Waals surface area contributed by atoms with Gasteiger partial charge in [-0.2, -0.15) is 0 Å². The zero-order valence-corrected chi connectivity index (χ0v) is 7.87. The Bertz CT molecular complexity index is 111. The highest BCUT2D eigenvalue weighted by molar-refractivity contribution is 5.54. The van der Waals surface area contributed by atoms with Gasteiger partial charge >= 0.3 is 0 Å². The highest BCUT2D eigenvalue weighted by atomic mass is 16.5. The summed E-state index contributed by atoms with van der Waals surface area (Å²) in [7, 11) is 3.68. The molecule has 0 aliphatic rings. The molecule has 0 spiro atoms. The zero-order valence-electron chi connectivity index (χ0n) is 7.87. The topological polar surface area (TPSA) is 24.8 Å². The molecule has 3 heteroatoms. The molecule has 0 saturated carbocycles. The average Bonchev–Trinajstić information content (AvgIpc) is 2.03. The second kappa shape index (κ2) is 6.16. The molecule has 66 valence electrons. The molecule has 0 N–H and O–H groups in total. The Labute approximate surface area is 69.1 Å². The molecule has 0 fully saturated rings. The monoisotopic (exact) mass is 158 g/mol. The van der Waals surface area contributed by atoms with Crippen LogP contribution in [0.4, 0.5) is 0 Å². The van der Waals surface area contributed by atoms with Crippen LogP contribution in [0.3, 0.4) is 0 Å². The second-order valence-corrected chi connectivity index (χ2v) is 2.38. The van der Waals surface area contributed by atoms with E-state index in [0.29, 0.717) is 0 Å². The lowest BCUT2D eigenvalue weighted by Crippen LogP contribution is -2.31. The molecular weight excluding hydrogens is 140 g/mol. The van der Waals surface area contributed by atoms with Gasteiger partial charge in [-0.15, -0.1) is 0 Å². The maximum absolute atomic E-state index is 5.19. The zero-order chi connectivity index (χ0) is 8.69. The SMILES string of the molecule is CCN=CN(C)C(CC)OC. The largest absolute Gasteiger partial charge is 0.362 e. The lowest BCUT2D eigenvalue weighted by atomic mass is 10.4. The van der Waals surface area contributed by atoms with E-state index in [1.165, 1.54) is 0 Å². The van der Waals surface area contributed by atoms with Crippen molar-refractivity contribution in [3.63, 3.8) is 0 Å². The summed E-state index contributed by atoms with van der Waals surface area (Å²) in [5.41, 5.74) is 0. The number of nitrogens with zero attached hydrogens (tertiary/aromatic N) is 2. The minimum atomic E-state index is 0.158. The fourth-order valence-corrected chi connectivity index (χ4v) is 0.906. The number of hydrogen-bond donors (Lipinski definition) is 0. The quantitative estimate of drug-likeness (QED) is 0.343. The van der Waals surface area contributed by atoms with E-state index in [9.17, 15) is 0 Å². The summed E-state index contributed by atoms with van der Waals surface area (Å²) in [6.45, 7) is 4.92. The van der Waals surface area contributed by atoms with Crippen LogP contribution in [0.15, 0.2) is 4.99 Å². The Balaban J connectivity index is 3.77. The summed E-state index contributed by atoms with van der Waals surface area (Å²) in [6.07, 6.45) is 2.95. The lowest BCUT2D eigenvalue weighted by molar-refractivity contribution is 0.0197. The molecule has 0 radical (unpaired) electrons. The van der Waals surface area contributed by atoms with Crippen LogP contribution < -0.4 is 0 Å². The van der Waals surface area contributed by atoms with Crippen LogP contribution in [0.1, 0.15) is 20.3 Å². The van der Waals surface area contributed by atoms with Gasteiger partial charge in [0.25, 0.3) is 0 Å². The van der Waals surface area contributed by atoms with Crippen molar-refractivity contribution in [3.05, 3.63) is 0 Å². The van der Waals surface area contributed by atoms with Crippen molar-refractivity contribution in [3.8, 4) is 0 Å². The van der Waals surface area contributed by atoms with Gasteiger partial charge in [0.2, 0.25) is 0 Å². The first-order chi connectivity index (χ1) is 5.26. The molecule has 0 saturated heterocycles. The van der Waals surface area contributed by atoms with E-state index in [2.05, 4.69) is 11.9 Å². The van der Waals surface area contributed by atoms with Crippen LogP contribution in [0.5, 0.6) is 0 Å². The van der Waals surface area contributed by atoms with E-state index >= 15 is 0 Å². The second-order valence-electron chi connectivity index (χ2n) is 2.38. The third kappa shape index (κ3) is 3.98. The smallest absolute Gasteiger partial charge is 0.129 e. The Kier molecular flexibility index (Phi) is 5.84. The number of aliphatic imine (C=N–C) groups is 1. The summed E-state index contributed by atoms with van der Waals surface area (Å²) in [5.74, 6) is 0. The highest BCUT2D eigenvalue weighted by Gasteiger charge is 2.06. The van der Waals surface area contributed by atoms with E-state index in [4.69, 9.17) is 4.74 Å². The van der Waals surface area contributed by atoms with Crippen molar-refractivity contribution < 1.29 is 4.74 Å².